The van der Waals surface area contributed by atoms with E-state index >= 15 is 0 Å². The minimum absolute atomic E-state index is 0.883. The molecule has 0 bridgehead atoms. The second kappa shape index (κ2) is 6.00. The Labute approximate surface area is 154 Å². The van der Waals surface area contributed by atoms with Gasteiger partial charge in [0.2, 0.25) is 0 Å². The zero-order chi connectivity index (χ0) is 18.4. The number of hydrogen-bond donors (Lipinski definition) is 1. The molecule has 1 saturated heterocycles. The molecule has 1 aliphatic heterocycles. The van der Waals surface area contributed by atoms with Crippen molar-refractivity contribution >= 4 is 17.7 Å². The Kier molecular flexibility index (Phi) is 4.02. The number of aliphatic hydroxyl groups excluding tert-OH is 1. The van der Waals surface area contributed by atoms with E-state index in [1.807, 2.05) is 74.5 Å². The molecule has 1 atom stereocenters. The van der Waals surface area contributed by atoms with E-state index in [2.05, 4.69) is 19.1 Å². The molecule has 134 valence electrons. The molecule has 0 radical (unpaired) electrons. The van der Waals surface area contributed by atoms with Crippen molar-refractivity contribution in [3.63, 3.8) is 0 Å². The van der Waals surface area contributed by atoms with Gasteiger partial charge in [-0.1, -0.05) is 0 Å². The molecule has 1 N–H and O–H groups in total. The second-order valence-electron chi connectivity index (χ2n) is 7.03. The SMILES string of the molecule is Cc1cc(C)c(C(O)P2(c3ccccc3)(c3ccccc3)OO2)c(C)c1. The van der Waals surface area contributed by atoms with Crippen LogP contribution in [0.1, 0.15) is 28.1 Å². The maximum atomic E-state index is 11.7. The van der Waals surface area contributed by atoms with Crippen LogP contribution >= 0.6 is 7.06 Å². The van der Waals surface area contributed by atoms with Crippen molar-refractivity contribution in [2.75, 3.05) is 0 Å². The molecular weight excluding hydrogens is 343 g/mol. The summed E-state index contributed by atoms with van der Waals surface area (Å²) >= 11 is 0. The van der Waals surface area contributed by atoms with Crippen LogP contribution in [0.2, 0.25) is 0 Å². The van der Waals surface area contributed by atoms with Gasteiger partial charge in [-0.15, -0.1) is 0 Å². The van der Waals surface area contributed by atoms with Crippen molar-refractivity contribution in [3.05, 3.63) is 95.1 Å². The normalized spacial score (nSPS) is 19.9. The van der Waals surface area contributed by atoms with Crippen molar-refractivity contribution in [1.29, 1.82) is 0 Å². The van der Waals surface area contributed by atoms with Gasteiger partial charge in [-0.2, -0.15) is 0 Å². The molecule has 3 nitrogen and oxygen atoms in total. The van der Waals surface area contributed by atoms with Crippen LogP contribution in [-0.2, 0) is 9.35 Å². The van der Waals surface area contributed by atoms with Crippen molar-refractivity contribution in [2.24, 2.45) is 0 Å². The Hall–Kier alpha value is -2.03. The van der Waals surface area contributed by atoms with E-state index in [9.17, 15) is 5.11 Å². The number of hydrogen-bond acceptors (Lipinski definition) is 3. The molecule has 3 aromatic rings. The molecule has 1 heterocycles. The molecular formula is C22H23O3P. The first-order valence-corrected chi connectivity index (χ1v) is 10.9. The Morgan fingerprint density at radius 2 is 1.15 bits per heavy atom. The summed E-state index contributed by atoms with van der Waals surface area (Å²) in [4.78, 5) is 0. The van der Waals surface area contributed by atoms with Crippen molar-refractivity contribution < 1.29 is 14.5 Å². The first kappa shape index (κ1) is 17.4. The summed E-state index contributed by atoms with van der Waals surface area (Å²) in [6, 6.07) is 23.9. The molecule has 0 aromatic heterocycles. The molecule has 1 unspecified atom stereocenters. The summed E-state index contributed by atoms with van der Waals surface area (Å²) < 4.78 is 11.8. The third kappa shape index (κ3) is 2.29. The van der Waals surface area contributed by atoms with Gasteiger partial charge in [0, 0.05) is 0 Å². The number of aryl methyl sites for hydroxylation is 3. The molecule has 4 heteroatoms. The van der Waals surface area contributed by atoms with E-state index in [-0.39, 0.29) is 0 Å². The van der Waals surface area contributed by atoms with Crippen molar-refractivity contribution in [3.8, 4) is 0 Å². The van der Waals surface area contributed by atoms with Crippen LogP contribution in [0.5, 0.6) is 0 Å². The summed E-state index contributed by atoms with van der Waals surface area (Å²) in [6.07, 6.45) is 0. The van der Waals surface area contributed by atoms with Gasteiger partial charge in [0.15, 0.2) is 0 Å². The maximum absolute atomic E-state index is 11.7. The molecule has 3 aromatic carbocycles. The van der Waals surface area contributed by atoms with E-state index in [0.717, 1.165) is 27.3 Å². The predicted octanol–water partition coefficient (Wildman–Crippen LogP) is 4.60. The van der Waals surface area contributed by atoms with Gasteiger partial charge in [0.05, 0.1) is 0 Å². The molecule has 0 spiro atoms. The first-order valence-electron chi connectivity index (χ1n) is 8.76. The molecule has 4 rings (SSSR count). The van der Waals surface area contributed by atoms with Crippen LogP contribution < -0.4 is 10.6 Å². The average Bonchev–Trinajstić information content (AvgIpc) is 3.41. The van der Waals surface area contributed by atoms with Gasteiger partial charge in [-0.25, -0.2) is 0 Å². The number of aliphatic hydroxyl groups is 1. The van der Waals surface area contributed by atoms with E-state index < -0.39 is 12.9 Å². The monoisotopic (exact) mass is 366 g/mol. The zero-order valence-corrected chi connectivity index (χ0v) is 16.1. The van der Waals surface area contributed by atoms with Gasteiger partial charge < -0.3 is 0 Å². The summed E-state index contributed by atoms with van der Waals surface area (Å²) in [5.74, 6) is -0.883. The number of benzene rings is 3. The van der Waals surface area contributed by atoms with Crippen molar-refractivity contribution in [2.45, 2.75) is 26.6 Å². The molecule has 0 amide bonds. The Morgan fingerprint density at radius 3 is 1.54 bits per heavy atom. The van der Waals surface area contributed by atoms with Gasteiger partial charge in [-0.3, -0.25) is 0 Å². The molecule has 1 aliphatic rings. The van der Waals surface area contributed by atoms with E-state index in [1.54, 1.807) is 0 Å². The van der Waals surface area contributed by atoms with Crippen LogP contribution in [0.25, 0.3) is 0 Å². The van der Waals surface area contributed by atoms with Crippen LogP contribution in [0.4, 0.5) is 0 Å². The Balaban J connectivity index is 2.00. The third-order valence-electron chi connectivity index (χ3n) is 5.24. The molecule has 1 fully saturated rings. The number of rotatable bonds is 4. The fourth-order valence-corrected chi connectivity index (χ4v) is 8.13. The van der Waals surface area contributed by atoms with E-state index in [1.165, 1.54) is 5.56 Å². The molecule has 26 heavy (non-hydrogen) atoms. The van der Waals surface area contributed by atoms with Gasteiger partial charge in [-0.05, 0) is 0 Å². The topological polar surface area (TPSA) is 45.3 Å². The van der Waals surface area contributed by atoms with Gasteiger partial charge in [0.25, 0.3) is 0 Å². The second-order valence-corrected chi connectivity index (χ2v) is 10.9. The third-order valence-corrected chi connectivity index (χ3v) is 9.56. The van der Waals surface area contributed by atoms with Crippen LogP contribution in [0.15, 0.2) is 72.8 Å². The molecule has 0 aliphatic carbocycles. The fraction of sp³-hybridized carbons (Fsp3) is 0.182. The summed E-state index contributed by atoms with van der Waals surface area (Å²) in [5, 5.41) is 13.5. The van der Waals surface area contributed by atoms with Gasteiger partial charge in [0.1, 0.15) is 0 Å². The van der Waals surface area contributed by atoms with Crippen LogP contribution in [0.3, 0.4) is 0 Å². The summed E-state index contributed by atoms with van der Waals surface area (Å²) in [7, 11) is -3.63. The standard InChI is InChI=1S/C22H23O3P/c1-16-14-17(2)21(18(3)15-16)22(23)26(24-25-26,19-10-6-4-7-11-19)20-12-8-5-9-13-20/h4-15,22-23H,1-3H3. The van der Waals surface area contributed by atoms with E-state index in [0.29, 0.717) is 0 Å². The first-order chi connectivity index (χ1) is 12.5. The summed E-state index contributed by atoms with van der Waals surface area (Å²) in [5.41, 5.74) is 4.16. The minimum atomic E-state index is -3.63. The quantitative estimate of drug-likeness (QED) is 0.417. The van der Waals surface area contributed by atoms with Crippen LogP contribution in [-0.4, -0.2) is 5.11 Å². The average molecular weight is 366 g/mol. The summed E-state index contributed by atoms with van der Waals surface area (Å²) in [6.45, 7) is 6.13. The van der Waals surface area contributed by atoms with Crippen LogP contribution in [0, 0.1) is 20.8 Å². The van der Waals surface area contributed by atoms with Gasteiger partial charge >= 0.3 is 154 Å². The Bertz CT molecular complexity index is 883. The predicted molar refractivity (Wildman–Crippen MR) is 107 cm³/mol. The molecule has 0 saturated carbocycles. The van der Waals surface area contributed by atoms with Crippen molar-refractivity contribution in [1.82, 2.24) is 0 Å². The fourth-order valence-electron chi connectivity index (χ4n) is 3.99. The van der Waals surface area contributed by atoms with E-state index in [4.69, 9.17) is 9.35 Å². The zero-order valence-electron chi connectivity index (χ0n) is 15.2. The Morgan fingerprint density at radius 1 is 0.731 bits per heavy atom.